The third-order valence-corrected chi connectivity index (χ3v) is 7.71. The molecule has 1 fully saturated rings. The minimum absolute atomic E-state index is 0.122. The van der Waals surface area contributed by atoms with Crippen molar-refractivity contribution in [3.05, 3.63) is 82.6 Å². The van der Waals surface area contributed by atoms with E-state index in [-0.39, 0.29) is 11.9 Å². The largest absolute Gasteiger partial charge is 0.491 e. The van der Waals surface area contributed by atoms with E-state index in [1.54, 1.807) is 12.1 Å². The quantitative estimate of drug-likeness (QED) is 0.210. The lowest BCUT2D eigenvalue weighted by Crippen LogP contribution is -2.25. The van der Waals surface area contributed by atoms with E-state index in [2.05, 4.69) is 11.1 Å². The van der Waals surface area contributed by atoms with Crippen LogP contribution in [0.4, 0.5) is 4.39 Å². The highest BCUT2D eigenvalue weighted by Crippen LogP contribution is 2.37. The van der Waals surface area contributed by atoms with Gasteiger partial charge in [-0.15, -0.1) is 0 Å². The van der Waals surface area contributed by atoms with Crippen LogP contribution in [0.25, 0.3) is 22.6 Å². The van der Waals surface area contributed by atoms with E-state index in [9.17, 15) is 9.65 Å². The summed E-state index contributed by atoms with van der Waals surface area (Å²) in [5, 5.41) is 10.8. The Balaban J connectivity index is 1.35. The second-order valence-corrected chi connectivity index (χ2v) is 11.1. The van der Waals surface area contributed by atoms with Crippen molar-refractivity contribution in [2.45, 2.75) is 57.3 Å². The fourth-order valence-corrected chi connectivity index (χ4v) is 5.57. The van der Waals surface area contributed by atoms with Crippen LogP contribution in [0, 0.1) is 37.9 Å². The van der Waals surface area contributed by atoms with Crippen LogP contribution in [-0.4, -0.2) is 35.1 Å². The smallest absolute Gasteiger partial charge is 0.226 e. The predicted molar refractivity (Wildman–Crippen MR) is 150 cm³/mol. The number of oxazole rings is 1. The molecule has 0 saturated carbocycles. The number of benzene rings is 2. The molecule has 7 nitrogen and oxygen atoms in total. The van der Waals surface area contributed by atoms with Gasteiger partial charge in [-0.25, -0.2) is 14.4 Å². The van der Waals surface area contributed by atoms with E-state index in [1.807, 2.05) is 58.9 Å². The van der Waals surface area contributed by atoms with Gasteiger partial charge in [-0.1, -0.05) is 30.0 Å². The first-order chi connectivity index (χ1) is 19.1. The van der Waals surface area contributed by atoms with Crippen LogP contribution in [0.1, 0.15) is 42.1 Å². The van der Waals surface area contributed by atoms with Gasteiger partial charge in [0.15, 0.2) is 5.79 Å². The Morgan fingerprint density at radius 1 is 1.10 bits per heavy atom. The second kappa shape index (κ2) is 11.4. The van der Waals surface area contributed by atoms with Crippen molar-refractivity contribution in [1.29, 1.82) is 5.26 Å². The molecule has 0 unspecified atom stereocenters. The van der Waals surface area contributed by atoms with Crippen molar-refractivity contribution < 1.29 is 23.0 Å². The summed E-state index contributed by atoms with van der Waals surface area (Å²) < 4.78 is 36.8. The number of hydrogen-bond donors (Lipinski definition) is 0. The number of aryl methyl sites for hydroxylation is 2. The average molecular weight is 560 g/mol. The molecule has 2 aromatic heterocycles. The van der Waals surface area contributed by atoms with Gasteiger partial charge in [0.05, 0.1) is 17.9 Å². The maximum absolute atomic E-state index is 13.7. The zero-order valence-electron chi connectivity index (χ0n) is 23.1. The number of thioether (sulfide) groups is 1. The normalized spacial score (nSPS) is 16.2. The van der Waals surface area contributed by atoms with Gasteiger partial charge in [0.1, 0.15) is 41.1 Å². The minimum atomic E-state index is -0.589. The Hall–Kier alpha value is -3.71. The van der Waals surface area contributed by atoms with Gasteiger partial charge in [0.25, 0.3) is 0 Å². The highest BCUT2D eigenvalue weighted by atomic mass is 32.2. The first-order valence-electron chi connectivity index (χ1n) is 12.9. The van der Waals surface area contributed by atoms with Crippen molar-refractivity contribution >= 4 is 11.8 Å². The molecule has 9 heteroatoms. The molecule has 1 saturated heterocycles. The first-order valence-corrected chi connectivity index (χ1v) is 13.9. The molecular weight excluding hydrogens is 529 g/mol. The fraction of sp³-hybridized carbons (Fsp3) is 0.323. The van der Waals surface area contributed by atoms with Gasteiger partial charge in [-0.2, -0.15) is 5.26 Å². The Labute approximate surface area is 237 Å². The van der Waals surface area contributed by atoms with Crippen LogP contribution in [0.3, 0.4) is 0 Å². The van der Waals surface area contributed by atoms with Crippen LogP contribution < -0.4 is 4.74 Å². The number of pyridine rings is 1. The third kappa shape index (κ3) is 6.04. The molecule has 0 aliphatic carbocycles. The summed E-state index contributed by atoms with van der Waals surface area (Å²) in [6.45, 7) is 10.4. The predicted octanol–water partition coefficient (Wildman–Crippen LogP) is 7.16. The highest BCUT2D eigenvalue weighted by molar-refractivity contribution is 7.98. The lowest BCUT2D eigenvalue weighted by atomic mass is 9.96. The summed E-state index contributed by atoms with van der Waals surface area (Å²) in [6.07, 6.45) is -0.122. The molecule has 1 atom stereocenters. The van der Waals surface area contributed by atoms with Gasteiger partial charge < -0.3 is 18.6 Å². The van der Waals surface area contributed by atoms with Gasteiger partial charge in [-0.05, 0) is 76.1 Å². The number of nitriles is 1. The SMILES string of the molecule is Cc1nc(SCc2nc(-c3cccc(F)c3)oc2C)c(C#N)c(-c2ccc(OC[C@@H]3COC(C)(C)O3)cc2)c1C. The molecule has 0 bridgehead atoms. The molecular formula is C31H30FN3O4S. The summed E-state index contributed by atoms with van der Waals surface area (Å²) in [5.74, 6) is 1.22. The van der Waals surface area contributed by atoms with E-state index < -0.39 is 5.79 Å². The van der Waals surface area contributed by atoms with Gasteiger partial charge in [0.2, 0.25) is 5.89 Å². The molecule has 0 radical (unpaired) electrons. The van der Waals surface area contributed by atoms with E-state index >= 15 is 0 Å². The van der Waals surface area contributed by atoms with Gasteiger partial charge in [-0.3, -0.25) is 0 Å². The summed E-state index contributed by atoms with van der Waals surface area (Å²) in [4.78, 5) is 9.32. The lowest BCUT2D eigenvalue weighted by Gasteiger charge is -2.17. The fourth-order valence-electron chi connectivity index (χ4n) is 4.53. The molecule has 1 aliphatic rings. The van der Waals surface area contributed by atoms with Gasteiger partial charge >= 0.3 is 0 Å². The molecule has 5 rings (SSSR count). The molecule has 206 valence electrons. The van der Waals surface area contributed by atoms with Crippen LogP contribution in [0.5, 0.6) is 5.75 Å². The zero-order valence-corrected chi connectivity index (χ0v) is 23.9. The van der Waals surface area contributed by atoms with Crippen molar-refractivity contribution in [1.82, 2.24) is 9.97 Å². The molecule has 1 aliphatic heterocycles. The van der Waals surface area contributed by atoms with E-state index in [0.717, 1.165) is 28.1 Å². The highest BCUT2D eigenvalue weighted by Gasteiger charge is 2.33. The number of halogens is 1. The minimum Gasteiger partial charge on any atom is -0.491 e. The molecule has 4 aromatic rings. The number of nitrogens with zero attached hydrogens (tertiary/aromatic N) is 3. The number of aromatic nitrogens is 2. The van der Waals surface area contributed by atoms with E-state index in [0.29, 0.717) is 52.5 Å². The summed E-state index contributed by atoms with van der Waals surface area (Å²) in [5.41, 5.74) is 5.33. The number of ether oxygens (including phenoxy) is 3. The van der Waals surface area contributed by atoms with Crippen LogP contribution in [0.2, 0.25) is 0 Å². The maximum Gasteiger partial charge on any atom is 0.226 e. The lowest BCUT2D eigenvalue weighted by molar-refractivity contribution is -0.141. The third-order valence-electron chi connectivity index (χ3n) is 6.72. The number of rotatable bonds is 8. The standard InChI is InChI=1S/C31H30FN3O4S/c1-18-19(2)34-30(40-17-27-20(3)38-29(35-27)22-7-6-8-23(32)13-22)26(14-33)28(18)21-9-11-24(12-10-21)36-15-25-16-37-31(4,5)39-25/h6-13,25H,15-17H2,1-5H3/t25-/m1/s1. The molecule has 0 N–H and O–H groups in total. The molecule has 2 aromatic carbocycles. The maximum atomic E-state index is 13.7. The van der Waals surface area contributed by atoms with Crippen molar-refractivity contribution in [3.8, 4) is 34.4 Å². The monoisotopic (exact) mass is 559 g/mol. The zero-order chi connectivity index (χ0) is 28.4. The second-order valence-electron chi connectivity index (χ2n) is 10.1. The summed E-state index contributed by atoms with van der Waals surface area (Å²) in [7, 11) is 0. The molecule has 0 spiro atoms. The molecule has 0 amide bonds. The van der Waals surface area contributed by atoms with Crippen LogP contribution in [0.15, 0.2) is 58.0 Å². The number of hydrogen-bond acceptors (Lipinski definition) is 8. The van der Waals surface area contributed by atoms with Gasteiger partial charge in [0, 0.05) is 22.6 Å². The van der Waals surface area contributed by atoms with Crippen molar-refractivity contribution in [3.63, 3.8) is 0 Å². The Kier molecular flexibility index (Phi) is 7.95. The van der Waals surface area contributed by atoms with E-state index in [1.165, 1.54) is 23.9 Å². The van der Waals surface area contributed by atoms with Crippen LogP contribution in [-0.2, 0) is 15.2 Å². The Morgan fingerprint density at radius 2 is 1.88 bits per heavy atom. The average Bonchev–Trinajstić information content (AvgIpc) is 3.48. The Bertz CT molecular complexity index is 1580. The Morgan fingerprint density at radius 3 is 2.55 bits per heavy atom. The summed E-state index contributed by atoms with van der Waals surface area (Å²) in [6, 6.07) is 16.2. The van der Waals surface area contributed by atoms with Crippen LogP contribution >= 0.6 is 11.8 Å². The molecule has 3 heterocycles. The molecule has 40 heavy (non-hydrogen) atoms. The first kappa shape index (κ1) is 27.8. The summed E-state index contributed by atoms with van der Waals surface area (Å²) >= 11 is 1.43. The van der Waals surface area contributed by atoms with Crippen molar-refractivity contribution in [2.24, 2.45) is 0 Å². The van der Waals surface area contributed by atoms with E-state index in [4.69, 9.17) is 23.6 Å². The van der Waals surface area contributed by atoms with Crippen molar-refractivity contribution in [2.75, 3.05) is 13.2 Å². The topological polar surface area (TPSA) is 90.4 Å².